The molecule has 5 nitrogen and oxygen atoms in total. The summed E-state index contributed by atoms with van der Waals surface area (Å²) in [6.07, 6.45) is 2.11. The Hall–Kier alpha value is -1.62. The van der Waals surface area contributed by atoms with E-state index in [4.69, 9.17) is 0 Å². The van der Waals surface area contributed by atoms with Crippen LogP contribution in [0, 0.1) is 13.8 Å². The highest BCUT2D eigenvalue weighted by Crippen LogP contribution is 2.09. The van der Waals surface area contributed by atoms with Crippen molar-refractivity contribution in [1.82, 2.24) is 24.9 Å². The van der Waals surface area contributed by atoms with E-state index >= 15 is 0 Å². The Labute approximate surface area is 108 Å². The summed E-state index contributed by atoms with van der Waals surface area (Å²) in [7, 11) is 1.97. The van der Waals surface area contributed by atoms with Crippen LogP contribution in [0.25, 0.3) is 0 Å². The molecule has 2 heterocycles. The Morgan fingerprint density at radius 3 is 2.67 bits per heavy atom. The molecule has 0 radical (unpaired) electrons. The van der Waals surface area contributed by atoms with E-state index in [1.165, 1.54) is 11.3 Å². The van der Waals surface area contributed by atoms with E-state index in [9.17, 15) is 0 Å². The normalized spacial score (nSPS) is 11.1. The van der Waals surface area contributed by atoms with Crippen molar-refractivity contribution >= 4 is 0 Å². The smallest absolute Gasteiger partial charge is 0.0828 e. The summed E-state index contributed by atoms with van der Waals surface area (Å²) in [6.45, 7) is 8.80. The lowest BCUT2D eigenvalue weighted by Crippen LogP contribution is -2.11. The standard InChI is InChI=1S/C13H21N5/c1-5-14-7-12-8-18(16-11(12)3)9-13-6-10(2)15-17(13)4/h6,8,14H,5,7,9H2,1-4H3. The van der Waals surface area contributed by atoms with Gasteiger partial charge in [0, 0.05) is 25.4 Å². The van der Waals surface area contributed by atoms with Crippen LogP contribution in [0.15, 0.2) is 12.3 Å². The van der Waals surface area contributed by atoms with Gasteiger partial charge >= 0.3 is 0 Å². The second kappa shape index (κ2) is 5.35. The molecule has 0 amide bonds. The van der Waals surface area contributed by atoms with E-state index in [1.54, 1.807) is 0 Å². The van der Waals surface area contributed by atoms with E-state index in [-0.39, 0.29) is 0 Å². The van der Waals surface area contributed by atoms with Gasteiger partial charge < -0.3 is 5.32 Å². The van der Waals surface area contributed by atoms with Crippen molar-refractivity contribution < 1.29 is 0 Å². The molecule has 2 aromatic rings. The summed E-state index contributed by atoms with van der Waals surface area (Å²) in [6, 6.07) is 2.10. The third-order valence-electron chi connectivity index (χ3n) is 3.04. The zero-order chi connectivity index (χ0) is 13.1. The Bertz CT molecular complexity index is 523. The van der Waals surface area contributed by atoms with Crippen LogP contribution in [0.5, 0.6) is 0 Å². The summed E-state index contributed by atoms with van der Waals surface area (Å²) in [5, 5.41) is 12.2. The van der Waals surface area contributed by atoms with Gasteiger partial charge in [-0.25, -0.2) is 0 Å². The minimum absolute atomic E-state index is 0.768. The molecule has 1 N–H and O–H groups in total. The molecular weight excluding hydrogens is 226 g/mol. The Morgan fingerprint density at radius 2 is 2.06 bits per heavy atom. The Balaban J connectivity index is 2.12. The fourth-order valence-electron chi connectivity index (χ4n) is 2.05. The van der Waals surface area contributed by atoms with Crippen molar-refractivity contribution in [3.8, 4) is 0 Å². The first-order chi connectivity index (χ1) is 8.60. The van der Waals surface area contributed by atoms with Crippen LogP contribution in [0.1, 0.15) is 29.6 Å². The van der Waals surface area contributed by atoms with Crippen molar-refractivity contribution in [3.63, 3.8) is 0 Å². The molecular formula is C13H21N5. The lowest BCUT2D eigenvalue weighted by atomic mass is 10.2. The van der Waals surface area contributed by atoms with Gasteiger partial charge in [0.1, 0.15) is 0 Å². The highest BCUT2D eigenvalue weighted by molar-refractivity contribution is 5.16. The summed E-state index contributed by atoms with van der Waals surface area (Å²) in [5.41, 5.74) is 4.57. The largest absolute Gasteiger partial charge is 0.313 e. The molecule has 0 saturated carbocycles. The zero-order valence-corrected chi connectivity index (χ0v) is 11.6. The third-order valence-corrected chi connectivity index (χ3v) is 3.04. The number of hydrogen-bond acceptors (Lipinski definition) is 3. The van der Waals surface area contributed by atoms with E-state index in [0.29, 0.717) is 0 Å². The van der Waals surface area contributed by atoms with Gasteiger partial charge in [-0.05, 0) is 26.5 Å². The van der Waals surface area contributed by atoms with Gasteiger partial charge in [0.15, 0.2) is 0 Å². The van der Waals surface area contributed by atoms with Crippen molar-refractivity contribution in [3.05, 3.63) is 34.9 Å². The monoisotopic (exact) mass is 247 g/mol. The van der Waals surface area contributed by atoms with E-state index in [1.807, 2.05) is 23.3 Å². The molecule has 98 valence electrons. The molecule has 2 aromatic heterocycles. The van der Waals surface area contributed by atoms with E-state index < -0.39 is 0 Å². The molecule has 18 heavy (non-hydrogen) atoms. The fraction of sp³-hybridized carbons (Fsp3) is 0.538. The molecule has 0 aliphatic rings. The number of nitrogens with zero attached hydrogens (tertiary/aromatic N) is 4. The maximum absolute atomic E-state index is 4.54. The molecule has 0 fully saturated rings. The molecule has 0 aromatic carbocycles. The van der Waals surface area contributed by atoms with Crippen molar-refractivity contribution in [1.29, 1.82) is 0 Å². The minimum atomic E-state index is 0.768. The maximum Gasteiger partial charge on any atom is 0.0828 e. The van der Waals surface area contributed by atoms with Crippen LogP contribution in [0.3, 0.4) is 0 Å². The topological polar surface area (TPSA) is 47.7 Å². The van der Waals surface area contributed by atoms with Crippen LogP contribution < -0.4 is 5.32 Å². The Kier molecular flexibility index (Phi) is 3.81. The molecule has 0 spiro atoms. The Morgan fingerprint density at radius 1 is 1.28 bits per heavy atom. The van der Waals surface area contributed by atoms with Crippen LogP contribution in [-0.2, 0) is 20.1 Å². The quantitative estimate of drug-likeness (QED) is 0.868. The number of nitrogens with one attached hydrogen (secondary N) is 1. The van der Waals surface area contributed by atoms with Crippen molar-refractivity contribution in [2.75, 3.05) is 6.54 Å². The summed E-state index contributed by atoms with van der Waals surface area (Å²) < 4.78 is 3.90. The van der Waals surface area contributed by atoms with Crippen LogP contribution in [0.4, 0.5) is 0 Å². The highest BCUT2D eigenvalue weighted by atomic mass is 15.3. The predicted molar refractivity (Wildman–Crippen MR) is 71.4 cm³/mol. The maximum atomic E-state index is 4.54. The molecule has 0 unspecified atom stereocenters. The average Bonchev–Trinajstić information content (AvgIpc) is 2.80. The molecule has 0 aliphatic heterocycles. The first-order valence-corrected chi connectivity index (χ1v) is 6.33. The summed E-state index contributed by atoms with van der Waals surface area (Å²) >= 11 is 0. The van der Waals surface area contributed by atoms with Crippen LogP contribution in [0.2, 0.25) is 0 Å². The van der Waals surface area contributed by atoms with Gasteiger partial charge in [-0.15, -0.1) is 0 Å². The van der Waals surface area contributed by atoms with Gasteiger partial charge in [0.25, 0.3) is 0 Å². The molecule has 2 rings (SSSR count). The molecule has 0 saturated heterocycles. The van der Waals surface area contributed by atoms with Gasteiger partial charge in [-0.3, -0.25) is 9.36 Å². The first-order valence-electron chi connectivity index (χ1n) is 6.33. The van der Waals surface area contributed by atoms with E-state index in [0.717, 1.165) is 31.0 Å². The fourth-order valence-corrected chi connectivity index (χ4v) is 2.05. The summed E-state index contributed by atoms with van der Waals surface area (Å²) in [4.78, 5) is 0. The van der Waals surface area contributed by atoms with Gasteiger partial charge in [0.05, 0.1) is 23.6 Å². The second-order valence-electron chi connectivity index (χ2n) is 4.62. The second-order valence-corrected chi connectivity index (χ2v) is 4.62. The van der Waals surface area contributed by atoms with Gasteiger partial charge in [-0.1, -0.05) is 6.92 Å². The highest BCUT2D eigenvalue weighted by Gasteiger charge is 2.07. The van der Waals surface area contributed by atoms with Crippen LogP contribution in [-0.4, -0.2) is 26.1 Å². The summed E-state index contributed by atoms with van der Waals surface area (Å²) in [5.74, 6) is 0. The van der Waals surface area contributed by atoms with Crippen molar-refractivity contribution in [2.45, 2.75) is 33.9 Å². The number of aryl methyl sites for hydroxylation is 3. The lowest BCUT2D eigenvalue weighted by Gasteiger charge is -2.01. The zero-order valence-electron chi connectivity index (χ0n) is 11.6. The molecule has 5 heteroatoms. The van der Waals surface area contributed by atoms with E-state index in [2.05, 4.69) is 41.6 Å². The molecule has 0 bridgehead atoms. The lowest BCUT2D eigenvalue weighted by molar-refractivity contribution is 0.615. The minimum Gasteiger partial charge on any atom is -0.313 e. The van der Waals surface area contributed by atoms with Gasteiger partial charge in [-0.2, -0.15) is 10.2 Å². The predicted octanol–water partition coefficient (Wildman–Crippen LogP) is 1.39. The first kappa shape index (κ1) is 12.8. The third kappa shape index (κ3) is 2.79. The SMILES string of the molecule is CCNCc1cn(Cc2cc(C)nn2C)nc1C. The number of aromatic nitrogens is 4. The number of rotatable bonds is 5. The van der Waals surface area contributed by atoms with Crippen molar-refractivity contribution in [2.24, 2.45) is 7.05 Å². The molecule has 0 aliphatic carbocycles. The van der Waals surface area contributed by atoms with Crippen LogP contribution >= 0.6 is 0 Å². The van der Waals surface area contributed by atoms with Gasteiger partial charge in [0.2, 0.25) is 0 Å². The average molecular weight is 247 g/mol. The molecule has 0 atom stereocenters. The number of hydrogen-bond donors (Lipinski definition) is 1.